The number of halogens is 1. The van der Waals surface area contributed by atoms with Crippen molar-refractivity contribution < 1.29 is 4.79 Å². The molecule has 29 heavy (non-hydrogen) atoms. The van der Waals surface area contributed by atoms with E-state index >= 15 is 0 Å². The van der Waals surface area contributed by atoms with E-state index in [1.165, 1.54) is 25.7 Å². The van der Waals surface area contributed by atoms with Crippen molar-refractivity contribution in [2.75, 3.05) is 26.2 Å². The summed E-state index contributed by atoms with van der Waals surface area (Å²) in [7, 11) is 0. The SMILES string of the molecule is Cl.O=C(c1ccccc1)N1CCC(CNCCCC2Cc3ccccc3C2)CC1. The van der Waals surface area contributed by atoms with Gasteiger partial charge in [-0.05, 0) is 86.7 Å². The van der Waals surface area contributed by atoms with Gasteiger partial charge in [0.15, 0.2) is 0 Å². The van der Waals surface area contributed by atoms with Gasteiger partial charge in [0.25, 0.3) is 5.91 Å². The molecular weight excluding hydrogens is 380 g/mol. The van der Waals surface area contributed by atoms with Crippen molar-refractivity contribution in [1.29, 1.82) is 0 Å². The molecule has 1 amide bonds. The molecule has 0 aromatic heterocycles. The van der Waals surface area contributed by atoms with Crippen LogP contribution in [0.1, 0.15) is 47.2 Å². The molecule has 0 unspecified atom stereocenters. The number of nitrogens with zero attached hydrogens (tertiary/aromatic N) is 1. The van der Waals surface area contributed by atoms with Crippen LogP contribution >= 0.6 is 12.4 Å². The quantitative estimate of drug-likeness (QED) is 0.666. The van der Waals surface area contributed by atoms with Gasteiger partial charge < -0.3 is 10.2 Å². The van der Waals surface area contributed by atoms with E-state index in [1.807, 2.05) is 35.2 Å². The standard InChI is InChI=1S/C25H32N2O.ClH/c28-25(22-8-2-1-3-9-22)27-15-12-20(13-16-27)19-26-14-6-7-21-17-23-10-4-5-11-24(23)18-21;/h1-5,8-11,20-21,26H,6-7,12-19H2;1H. The molecule has 1 N–H and O–H groups in total. The topological polar surface area (TPSA) is 32.3 Å². The fraction of sp³-hybridized carbons (Fsp3) is 0.480. The Morgan fingerprint density at radius 3 is 2.17 bits per heavy atom. The molecule has 4 heteroatoms. The minimum Gasteiger partial charge on any atom is -0.339 e. The molecule has 1 aliphatic heterocycles. The Morgan fingerprint density at radius 1 is 0.897 bits per heavy atom. The summed E-state index contributed by atoms with van der Waals surface area (Å²) < 4.78 is 0. The smallest absolute Gasteiger partial charge is 0.253 e. The summed E-state index contributed by atoms with van der Waals surface area (Å²) in [6, 6.07) is 18.6. The van der Waals surface area contributed by atoms with Crippen molar-refractivity contribution >= 4 is 18.3 Å². The lowest BCUT2D eigenvalue weighted by atomic mass is 9.96. The number of hydrogen-bond acceptors (Lipinski definition) is 2. The van der Waals surface area contributed by atoms with Gasteiger partial charge in [0.2, 0.25) is 0 Å². The summed E-state index contributed by atoms with van der Waals surface area (Å²) in [5, 5.41) is 3.67. The van der Waals surface area contributed by atoms with Crippen LogP contribution in [0.25, 0.3) is 0 Å². The highest BCUT2D eigenvalue weighted by Gasteiger charge is 2.23. The number of likely N-dealkylation sites (tertiary alicyclic amines) is 1. The molecule has 0 bridgehead atoms. The number of nitrogens with one attached hydrogen (secondary N) is 1. The zero-order valence-corrected chi connectivity index (χ0v) is 18.0. The molecule has 1 saturated heterocycles. The van der Waals surface area contributed by atoms with E-state index in [4.69, 9.17) is 0 Å². The highest BCUT2D eigenvalue weighted by atomic mass is 35.5. The first-order valence-electron chi connectivity index (χ1n) is 10.9. The van der Waals surface area contributed by atoms with Crippen molar-refractivity contribution in [3.05, 3.63) is 71.3 Å². The molecule has 4 rings (SSSR count). The van der Waals surface area contributed by atoms with Crippen molar-refractivity contribution in [2.45, 2.75) is 38.5 Å². The molecule has 0 radical (unpaired) electrons. The van der Waals surface area contributed by atoms with Crippen LogP contribution in [0.2, 0.25) is 0 Å². The van der Waals surface area contributed by atoms with Crippen molar-refractivity contribution in [3.8, 4) is 0 Å². The number of piperidine rings is 1. The molecule has 1 heterocycles. The molecule has 3 nitrogen and oxygen atoms in total. The number of rotatable bonds is 7. The number of carbonyl (C=O) groups is 1. The van der Waals surface area contributed by atoms with E-state index in [-0.39, 0.29) is 18.3 Å². The van der Waals surface area contributed by atoms with Crippen LogP contribution in [0.3, 0.4) is 0 Å². The Kier molecular flexibility index (Phi) is 8.14. The predicted octanol–water partition coefficient (Wildman–Crippen LogP) is 4.75. The molecule has 1 aliphatic carbocycles. The second-order valence-corrected chi connectivity index (χ2v) is 8.49. The first kappa shape index (κ1) is 21.9. The number of carbonyl (C=O) groups excluding carboxylic acids is 1. The Balaban J connectivity index is 0.00000240. The van der Waals surface area contributed by atoms with Crippen molar-refractivity contribution in [1.82, 2.24) is 10.2 Å². The highest BCUT2D eigenvalue weighted by Crippen LogP contribution is 2.29. The van der Waals surface area contributed by atoms with Gasteiger partial charge in [-0.15, -0.1) is 12.4 Å². The third-order valence-corrected chi connectivity index (χ3v) is 6.46. The summed E-state index contributed by atoms with van der Waals surface area (Å²) >= 11 is 0. The fourth-order valence-electron chi connectivity index (χ4n) is 4.78. The predicted molar refractivity (Wildman–Crippen MR) is 122 cm³/mol. The number of amides is 1. The summed E-state index contributed by atoms with van der Waals surface area (Å²) in [6.07, 6.45) is 7.36. The maximum atomic E-state index is 12.5. The van der Waals surface area contributed by atoms with Gasteiger partial charge in [0, 0.05) is 18.7 Å². The second-order valence-electron chi connectivity index (χ2n) is 8.49. The molecule has 2 aliphatic rings. The van der Waals surface area contributed by atoms with Crippen molar-refractivity contribution in [2.24, 2.45) is 11.8 Å². The lowest BCUT2D eigenvalue weighted by Gasteiger charge is -2.32. The van der Waals surface area contributed by atoms with E-state index < -0.39 is 0 Å². The lowest BCUT2D eigenvalue weighted by Crippen LogP contribution is -2.40. The van der Waals surface area contributed by atoms with Crippen LogP contribution < -0.4 is 5.32 Å². The monoisotopic (exact) mass is 412 g/mol. The zero-order chi connectivity index (χ0) is 19.2. The first-order valence-corrected chi connectivity index (χ1v) is 10.9. The molecule has 2 aromatic carbocycles. The number of benzene rings is 2. The Bertz CT molecular complexity index is 746. The summed E-state index contributed by atoms with van der Waals surface area (Å²) in [5.74, 6) is 1.73. The number of fused-ring (bicyclic) bond motifs is 1. The maximum Gasteiger partial charge on any atom is 0.253 e. The lowest BCUT2D eigenvalue weighted by molar-refractivity contribution is 0.0690. The van der Waals surface area contributed by atoms with E-state index in [9.17, 15) is 4.79 Å². The molecular formula is C25H33ClN2O. The third kappa shape index (κ3) is 5.83. The maximum absolute atomic E-state index is 12.5. The molecule has 156 valence electrons. The normalized spacial score (nSPS) is 17.0. The van der Waals surface area contributed by atoms with Gasteiger partial charge in [-0.2, -0.15) is 0 Å². The summed E-state index contributed by atoms with van der Waals surface area (Å²) in [5.41, 5.74) is 3.95. The number of hydrogen-bond donors (Lipinski definition) is 1. The second kappa shape index (κ2) is 10.8. The molecule has 0 spiro atoms. The molecule has 0 saturated carbocycles. The van der Waals surface area contributed by atoms with Gasteiger partial charge in [0.1, 0.15) is 0 Å². The van der Waals surface area contributed by atoms with Gasteiger partial charge in [0.05, 0.1) is 0 Å². The fourth-order valence-corrected chi connectivity index (χ4v) is 4.78. The third-order valence-electron chi connectivity index (χ3n) is 6.46. The Labute approximate surface area is 181 Å². The largest absolute Gasteiger partial charge is 0.339 e. The Hall–Kier alpha value is -1.84. The molecule has 1 fully saturated rings. The molecule has 0 atom stereocenters. The van der Waals surface area contributed by atoms with E-state index in [1.54, 1.807) is 11.1 Å². The molecule has 2 aromatic rings. The van der Waals surface area contributed by atoms with Gasteiger partial charge in [-0.3, -0.25) is 4.79 Å². The van der Waals surface area contributed by atoms with Gasteiger partial charge >= 0.3 is 0 Å². The van der Waals surface area contributed by atoms with E-state index in [0.29, 0.717) is 5.92 Å². The van der Waals surface area contributed by atoms with E-state index in [0.717, 1.165) is 50.5 Å². The van der Waals surface area contributed by atoms with Crippen LogP contribution in [-0.4, -0.2) is 37.0 Å². The van der Waals surface area contributed by atoms with Crippen LogP contribution in [0.15, 0.2) is 54.6 Å². The Morgan fingerprint density at radius 2 is 1.52 bits per heavy atom. The van der Waals surface area contributed by atoms with Crippen LogP contribution in [0.4, 0.5) is 0 Å². The highest BCUT2D eigenvalue weighted by molar-refractivity contribution is 5.94. The van der Waals surface area contributed by atoms with Crippen LogP contribution in [0.5, 0.6) is 0 Å². The first-order chi connectivity index (χ1) is 13.8. The summed E-state index contributed by atoms with van der Waals surface area (Å²) in [6.45, 7) is 4.00. The average Bonchev–Trinajstić information content (AvgIpc) is 3.17. The van der Waals surface area contributed by atoms with Crippen LogP contribution in [0, 0.1) is 11.8 Å². The van der Waals surface area contributed by atoms with Gasteiger partial charge in [-0.1, -0.05) is 42.5 Å². The zero-order valence-electron chi connectivity index (χ0n) is 17.2. The van der Waals surface area contributed by atoms with Crippen molar-refractivity contribution in [3.63, 3.8) is 0 Å². The summed E-state index contributed by atoms with van der Waals surface area (Å²) in [4.78, 5) is 14.5. The van der Waals surface area contributed by atoms with E-state index in [2.05, 4.69) is 29.6 Å². The van der Waals surface area contributed by atoms with Crippen LogP contribution in [-0.2, 0) is 12.8 Å². The minimum atomic E-state index is 0. The average molecular weight is 413 g/mol. The minimum absolute atomic E-state index is 0. The van der Waals surface area contributed by atoms with Gasteiger partial charge in [-0.25, -0.2) is 0 Å².